The molecule has 14 heavy (non-hydrogen) atoms. The van der Waals surface area contributed by atoms with Crippen LogP contribution in [-0.4, -0.2) is 16.2 Å². The fourth-order valence-electron chi connectivity index (χ4n) is 0.777. The lowest BCUT2D eigenvalue weighted by atomic mass is 10.3. The van der Waals surface area contributed by atoms with E-state index < -0.39 is 29.6 Å². The Labute approximate surface area is 75.9 Å². The number of hydrogen-bond donors (Lipinski definition) is 2. The lowest BCUT2D eigenvalue weighted by Crippen LogP contribution is -2.15. The Morgan fingerprint density at radius 1 is 1.50 bits per heavy atom. The number of ether oxygens (including phenoxy) is 1. The van der Waals surface area contributed by atoms with Gasteiger partial charge in [0.2, 0.25) is 0 Å². The SMILES string of the molecule is O=C(O)Oc1ccc(C(F)F)[nH]c1=O. The summed E-state index contributed by atoms with van der Waals surface area (Å²) >= 11 is 0. The molecule has 76 valence electrons. The maximum absolute atomic E-state index is 12.0. The van der Waals surface area contributed by atoms with Crippen LogP contribution in [0.3, 0.4) is 0 Å². The minimum Gasteiger partial charge on any atom is -0.449 e. The first-order valence-corrected chi connectivity index (χ1v) is 3.43. The molecule has 1 heterocycles. The number of rotatable bonds is 2. The molecule has 0 fully saturated rings. The Morgan fingerprint density at radius 2 is 2.14 bits per heavy atom. The fourth-order valence-corrected chi connectivity index (χ4v) is 0.777. The molecule has 0 spiro atoms. The third kappa shape index (κ3) is 2.28. The molecule has 7 heteroatoms. The quantitative estimate of drug-likeness (QED) is 0.714. The molecule has 0 saturated heterocycles. The van der Waals surface area contributed by atoms with Crippen molar-refractivity contribution in [1.82, 2.24) is 4.98 Å². The number of nitrogens with one attached hydrogen (secondary N) is 1. The van der Waals surface area contributed by atoms with Gasteiger partial charge in [-0.3, -0.25) is 4.79 Å². The lowest BCUT2D eigenvalue weighted by molar-refractivity contribution is 0.141. The molecule has 0 aliphatic heterocycles. The van der Waals surface area contributed by atoms with E-state index in [0.717, 1.165) is 12.1 Å². The fraction of sp³-hybridized carbons (Fsp3) is 0.143. The second-order valence-corrected chi connectivity index (χ2v) is 2.28. The first-order chi connectivity index (χ1) is 6.50. The summed E-state index contributed by atoms with van der Waals surface area (Å²) in [5, 5.41) is 8.15. The van der Waals surface area contributed by atoms with E-state index in [-0.39, 0.29) is 0 Å². The number of H-pyrrole nitrogens is 1. The molecular weight excluding hydrogens is 200 g/mol. The largest absolute Gasteiger partial charge is 0.511 e. The minimum atomic E-state index is -2.82. The van der Waals surface area contributed by atoms with Gasteiger partial charge < -0.3 is 14.8 Å². The standard InChI is InChI=1S/C7H5F2NO4/c8-5(9)3-1-2-4(6(11)10-3)14-7(12)13/h1-2,5H,(H,10,11)(H,12,13). The van der Waals surface area contributed by atoms with Crippen LogP contribution in [0.5, 0.6) is 5.75 Å². The highest BCUT2D eigenvalue weighted by Gasteiger charge is 2.11. The Morgan fingerprint density at radius 3 is 2.57 bits per heavy atom. The van der Waals surface area contributed by atoms with Gasteiger partial charge in [-0.1, -0.05) is 0 Å². The predicted octanol–water partition coefficient (Wildman–Crippen LogP) is 1.37. The van der Waals surface area contributed by atoms with Crippen LogP contribution in [0, 0.1) is 0 Å². The normalized spacial score (nSPS) is 10.2. The lowest BCUT2D eigenvalue weighted by Gasteiger charge is -2.01. The maximum Gasteiger partial charge on any atom is 0.511 e. The number of aromatic nitrogens is 1. The van der Waals surface area contributed by atoms with E-state index in [9.17, 15) is 18.4 Å². The average Bonchev–Trinajstić information content (AvgIpc) is 2.07. The van der Waals surface area contributed by atoms with Crippen molar-refractivity contribution in [2.45, 2.75) is 6.43 Å². The number of alkyl halides is 2. The predicted molar refractivity (Wildman–Crippen MR) is 40.7 cm³/mol. The second kappa shape index (κ2) is 3.86. The number of hydrogen-bond acceptors (Lipinski definition) is 3. The smallest absolute Gasteiger partial charge is 0.449 e. The third-order valence-electron chi connectivity index (χ3n) is 1.33. The molecule has 1 aromatic rings. The molecule has 1 rings (SSSR count). The molecule has 5 nitrogen and oxygen atoms in total. The Hall–Kier alpha value is -1.92. The minimum absolute atomic E-state index is 0.540. The molecule has 0 aliphatic rings. The van der Waals surface area contributed by atoms with Crippen LogP contribution < -0.4 is 10.3 Å². The van der Waals surface area contributed by atoms with Crippen molar-refractivity contribution >= 4 is 6.16 Å². The molecule has 0 amide bonds. The zero-order valence-electron chi connectivity index (χ0n) is 6.66. The van der Waals surface area contributed by atoms with E-state index in [4.69, 9.17) is 5.11 Å². The molecule has 0 saturated carbocycles. The summed E-state index contributed by atoms with van der Waals surface area (Å²) in [5.41, 5.74) is -1.60. The van der Waals surface area contributed by atoms with E-state index >= 15 is 0 Å². The molecule has 0 unspecified atom stereocenters. The summed E-state index contributed by atoms with van der Waals surface area (Å²) in [5.74, 6) is -0.540. The maximum atomic E-state index is 12.0. The zero-order chi connectivity index (χ0) is 10.7. The van der Waals surface area contributed by atoms with Gasteiger partial charge in [0.05, 0.1) is 5.69 Å². The van der Waals surface area contributed by atoms with Gasteiger partial charge in [-0.25, -0.2) is 13.6 Å². The Bertz CT molecular complexity index is 401. The van der Waals surface area contributed by atoms with Crippen LogP contribution in [0.1, 0.15) is 12.1 Å². The van der Waals surface area contributed by atoms with Crippen LogP contribution >= 0.6 is 0 Å². The summed E-state index contributed by atoms with van der Waals surface area (Å²) in [4.78, 5) is 22.7. The zero-order valence-corrected chi connectivity index (χ0v) is 6.66. The number of carboxylic acid groups (broad SMARTS) is 1. The summed E-state index contributed by atoms with van der Waals surface area (Å²) in [7, 11) is 0. The molecular formula is C7H5F2NO4. The summed E-state index contributed by atoms with van der Waals surface area (Å²) in [6.45, 7) is 0. The van der Waals surface area contributed by atoms with Gasteiger partial charge in [-0.15, -0.1) is 0 Å². The number of halogens is 2. The Kier molecular flexibility index (Phi) is 2.80. The van der Waals surface area contributed by atoms with Crippen molar-refractivity contribution < 1.29 is 23.4 Å². The van der Waals surface area contributed by atoms with Gasteiger partial charge in [0, 0.05) is 0 Å². The van der Waals surface area contributed by atoms with Crippen molar-refractivity contribution in [3.63, 3.8) is 0 Å². The molecule has 0 aromatic carbocycles. The van der Waals surface area contributed by atoms with Crippen LogP contribution in [0.25, 0.3) is 0 Å². The van der Waals surface area contributed by atoms with Crippen molar-refractivity contribution in [3.05, 3.63) is 28.2 Å². The highest BCUT2D eigenvalue weighted by Crippen LogP contribution is 2.15. The van der Waals surface area contributed by atoms with Crippen molar-refractivity contribution in [2.24, 2.45) is 0 Å². The summed E-state index contributed by atoms with van der Waals surface area (Å²) in [6, 6.07) is 1.75. The Balaban J connectivity index is 3.02. The molecule has 0 atom stereocenters. The second-order valence-electron chi connectivity index (χ2n) is 2.28. The van der Waals surface area contributed by atoms with Gasteiger partial charge in [-0.2, -0.15) is 0 Å². The number of pyridine rings is 1. The van der Waals surface area contributed by atoms with Crippen molar-refractivity contribution in [3.8, 4) is 5.75 Å². The highest BCUT2D eigenvalue weighted by molar-refractivity contribution is 5.60. The summed E-state index contributed by atoms with van der Waals surface area (Å²) < 4.78 is 28.0. The van der Waals surface area contributed by atoms with Gasteiger partial charge in [0.25, 0.3) is 12.0 Å². The molecule has 0 bridgehead atoms. The molecule has 0 radical (unpaired) electrons. The van der Waals surface area contributed by atoms with Crippen LogP contribution in [0.15, 0.2) is 16.9 Å². The van der Waals surface area contributed by atoms with Gasteiger partial charge in [-0.05, 0) is 12.1 Å². The third-order valence-corrected chi connectivity index (χ3v) is 1.33. The highest BCUT2D eigenvalue weighted by atomic mass is 19.3. The van der Waals surface area contributed by atoms with E-state index in [2.05, 4.69) is 4.74 Å². The van der Waals surface area contributed by atoms with Gasteiger partial charge >= 0.3 is 6.16 Å². The van der Waals surface area contributed by atoms with E-state index in [1.165, 1.54) is 0 Å². The monoisotopic (exact) mass is 205 g/mol. The summed E-state index contributed by atoms with van der Waals surface area (Å²) in [6.07, 6.45) is -4.50. The number of aromatic amines is 1. The van der Waals surface area contributed by atoms with E-state index in [0.29, 0.717) is 0 Å². The number of carbonyl (C=O) groups is 1. The molecule has 1 aromatic heterocycles. The average molecular weight is 205 g/mol. The molecule has 2 N–H and O–H groups in total. The van der Waals surface area contributed by atoms with Gasteiger partial charge in [0.15, 0.2) is 5.75 Å². The van der Waals surface area contributed by atoms with Crippen LogP contribution in [0.4, 0.5) is 13.6 Å². The molecule has 0 aliphatic carbocycles. The van der Waals surface area contributed by atoms with Crippen LogP contribution in [0.2, 0.25) is 0 Å². The van der Waals surface area contributed by atoms with E-state index in [1.807, 2.05) is 0 Å². The van der Waals surface area contributed by atoms with E-state index in [1.54, 1.807) is 4.98 Å². The van der Waals surface area contributed by atoms with Crippen molar-refractivity contribution in [1.29, 1.82) is 0 Å². The topological polar surface area (TPSA) is 79.4 Å². The van der Waals surface area contributed by atoms with Gasteiger partial charge in [0.1, 0.15) is 0 Å². The first-order valence-electron chi connectivity index (χ1n) is 3.43. The van der Waals surface area contributed by atoms with Crippen LogP contribution in [-0.2, 0) is 0 Å². The van der Waals surface area contributed by atoms with Crippen molar-refractivity contribution in [2.75, 3.05) is 0 Å². The first kappa shape index (κ1) is 10.2.